The molecule has 1 aromatic heterocycles. The van der Waals surface area contributed by atoms with Gasteiger partial charge in [0.05, 0.1) is 5.69 Å². The van der Waals surface area contributed by atoms with E-state index in [-0.39, 0.29) is 6.10 Å². The van der Waals surface area contributed by atoms with Crippen molar-refractivity contribution in [3.63, 3.8) is 0 Å². The molecule has 0 aliphatic rings. The van der Waals surface area contributed by atoms with Crippen LogP contribution in [0.25, 0.3) is 0 Å². The van der Waals surface area contributed by atoms with Gasteiger partial charge in [-0.2, -0.15) is 0 Å². The fraction of sp³-hybridized carbons (Fsp3) is 0.357. The highest BCUT2D eigenvalue weighted by Crippen LogP contribution is 2.28. The van der Waals surface area contributed by atoms with Gasteiger partial charge in [0.25, 0.3) is 0 Å². The van der Waals surface area contributed by atoms with Gasteiger partial charge in [0.15, 0.2) is 0 Å². The van der Waals surface area contributed by atoms with E-state index in [0.717, 1.165) is 29.1 Å². The number of halogens is 1. The lowest BCUT2D eigenvalue weighted by Gasteiger charge is -2.12. The number of aryl methyl sites for hydroxylation is 1. The van der Waals surface area contributed by atoms with Crippen molar-refractivity contribution < 1.29 is 4.74 Å². The van der Waals surface area contributed by atoms with Gasteiger partial charge in [-0.05, 0) is 18.4 Å². The first kappa shape index (κ1) is 13.5. The number of hydrogen-bond donors (Lipinski definition) is 0. The predicted molar refractivity (Wildman–Crippen MR) is 76.4 cm³/mol. The Morgan fingerprint density at radius 3 is 2.78 bits per heavy atom. The highest BCUT2D eigenvalue weighted by Gasteiger charge is 2.16. The standard InChI is InChI=1S/C14H16ClNOS/c1-17-13(11-6-3-2-4-7-11)14-16-12(10-18-14)8-5-9-15/h2-4,6-7,10,13H,5,8-9H2,1H3. The Morgan fingerprint density at radius 2 is 2.11 bits per heavy atom. The molecule has 0 fully saturated rings. The van der Waals surface area contributed by atoms with Crippen LogP contribution in [-0.2, 0) is 11.2 Å². The minimum Gasteiger partial charge on any atom is -0.370 e. The molecule has 2 aromatic rings. The van der Waals surface area contributed by atoms with Crippen molar-refractivity contribution in [3.05, 3.63) is 52.0 Å². The van der Waals surface area contributed by atoms with Gasteiger partial charge in [-0.15, -0.1) is 22.9 Å². The van der Waals surface area contributed by atoms with E-state index in [0.29, 0.717) is 5.88 Å². The largest absolute Gasteiger partial charge is 0.370 e. The number of aromatic nitrogens is 1. The van der Waals surface area contributed by atoms with Gasteiger partial charge in [0.2, 0.25) is 0 Å². The molecule has 1 unspecified atom stereocenters. The molecule has 1 atom stereocenters. The van der Waals surface area contributed by atoms with E-state index < -0.39 is 0 Å². The van der Waals surface area contributed by atoms with Crippen molar-refractivity contribution in [2.75, 3.05) is 13.0 Å². The molecular weight excluding hydrogens is 266 g/mol. The van der Waals surface area contributed by atoms with Gasteiger partial charge in [0, 0.05) is 18.4 Å². The fourth-order valence-electron chi connectivity index (χ4n) is 1.81. The van der Waals surface area contributed by atoms with Crippen LogP contribution in [0.15, 0.2) is 35.7 Å². The van der Waals surface area contributed by atoms with Gasteiger partial charge in [0.1, 0.15) is 11.1 Å². The fourth-order valence-corrected chi connectivity index (χ4v) is 2.90. The van der Waals surface area contributed by atoms with Crippen molar-refractivity contribution in [3.8, 4) is 0 Å². The zero-order valence-corrected chi connectivity index (χ0v) is 11.9. The van der Waals surface area contributed by atoms with Crippen molar-refractivity contribution in [1.29, 1.82) is 0 Å². The number of methoxy groups -OCH3 is 1. The summed E-state index contributed by atoms with van der Waals surface area (Å²) in [5, 5.41) is 3.10. The van der Waals surface area contributed by atoms with Crippen LogP contribution in [0.3, 0.4) is 0 Å². The molecule has 0 saturated heterocycles. The Labute approximate surface area is 117 Å². The normalized spacial score (nSPS) is 12.6. The average molecular weight is 282 g/mol. The zero-order valence-electron chi connectivity index (χ0n) is 10.3. The van der Waals surface area contributed by atoms with Gasteiger partial charge in [-0.25, -0.2) is 4.98 Å². The third-order valence-corrected chi connectivity index (χ3v) is 3.90. The molecule has 0 aliphatic carbocycles. The third-order valence-electron chi connectivity index (χ3n) is 2.70. The second-order valence-corrected chi connectivity index (χ2v) is 5.26. The van der Waals surface area contributed by atoms with Crippen molar-refractivity contribution in [1.82, 2.24) is 4.98 Å². The van der Waals surface area contributed by atoms with Crippen LogP contribution in [0.5, 0.6) is 0 Å². The Hall–Kier alpha value is -0.900. The highest BCUT2D eigenvalue weighted by molar-refractivity contribution is 7.09. The first-order valence-corrected chi connectivity index (χ1v) is 7.34. The maximum Gasteiger partial charge on any atom is 0.134 e. The summed E-state index contributed by atoms with van der Waals surface area (Å²) in [7, 11) is 1.72. The molecule has 2 nitrogen and oxygen atoms in total. The van der Waals surface area contributed by atoms with Crippen LogP contribution in [0, 0.1) is 0 Å². The summed E-state index contributed by atoms with van der Waals surface area (Å²) in [5.41, 5.74) is 2.24. The van der Waals surface area contributed by atoms with Gasteiger partial charge in [-0.1, -0.05) is 30.3 Å². The van der Waals surface area contributed by atoms with E-state index in [1.165, 1.54) is 0 Å². The van der Waals surface area contributed by atoms with Crippen molar-refractivity contribution >= 4 is 22.9 Å². The van der Waals surface area contributed by atoms with Crippen LogP contribution < -0.4 is 0 Å². The van der Waals surface area contributed by atoms with Crippen LogP contribution in [0.1, 0.15) is 28.8 Å². The molecular formula is C14H16ClNOS. The second-order valence-electron chi connectivity index (χ2n) is 4.00. The van der Waals surface area contributed by atoms with E-state index in [1.807, 2.05) is 18.2 Å². The van der Waals surface area contributed by atoms with E-state index in [2.05, 4.69) is 22.5 Å². The number of alkyl halides is 1. The molecule has 2 rings (SSSR count). The molecule has 1 aromatic carbocycles. The minimum atomic E-state index is -0.0686. The molecule has 1 heterocycles. The lowest BCUT2D eigenvalue weighted by atomic mass is 10.1. The van der Waals surface area contributed by atoms with E-state index in [9.17, 15) is 0 Å². The maximum absolute atomic E-state index is 5.69. The smallest absolute Gasteiger partial charge is 0.134 e. The zero-order chi connectivity index (χ0) is 12.8. The number of thiazole rings is 1. The SMILES string of the molecule is COC(c1ccccc1)c1nc(CCCCl)cs1. The first-order valence-electron chi connectivity index (χ1n) is 5.93. The molecule has 18 heavy (non-hydrogen) atoms. The molecule has 4 heteroatoms. The summed E-state index contributed by atoms with van der Waals surface area (Å²) in [4.78, 5) is 4.63. The minimum absolute atomic E-state index is 0.0686. The highest BCUT2D eigenvalue weighted by atomic mass is 35.5. The Morgan fingerprint density at radius 1 is 1.33 bits per heavy atom. The molecule has 0 N–H and O–H groups in total. The summed E-state index contributed by atoms with van der Waals surface area (Å²) < 4.78 is 5.56. The number of nitrogens with zero attached hydrogens (tertiary/aromatic N) is 1. The van der Waals surface area contributed by atoms with Gasteiger partial charge in [-0.3, -0.25) is 0 Å². The van der Waals surface area contributed by atoms with Crippen LogP contribution in [0.4, 0.5) is 0 Å². The Kier molecular flexibility index (Phi) is 5.17. The second kappa shape index (κ2) is 6.88. The monoisotopic (exact) mass is 281 g/mol. The van der Waals surface area contributed by atoms with E-state index in [1.54, 1.807) is 18.4 Å². The average Bonchev–Trinajstić information content (AvgIpc) is 2.87. The molecule has 0 bridgehead atoms. The predicted octanol–water partition coefficient (Wildman–Crippen LogP) is 4.05. The van der Waals surface area contributed by atoms with Crippen LogP contribution in [0.2, 0.25) is 0 Å². The van der Waals surface area contributed by atoms with Crippen molar-refractivity contribution in [2.24, 2.45) is 0 Å². The number of hydrogen-bond acceptors (Lipinski definition) is 3. The molecule has 0 saturated carbocycles. The van der Waals surface area contributed by atoms with Crippen molar-refractivity contribution in [2.45, 2.75) is 18.9 Å². The summed E-state index contributed by atoms with van der Waals surface area (Å²) in [6, 6.07) is 10.2. The lowest BCUT2D eigenvalue weighted by Crippen LogP contribution is -2.03. The lowest BCUT2D eigenvalue weighted by molar-refractivity contribution is 0.136. The molecule has 0 radical (unpaired) electrons. The number of ether oxygens (including phenoxy) is 1. The third kappa shape index (κ3) is 3.31. The molecule has 0 aliphatic heterocycles. The van der Waals surface area contributed by atoms with Gasteiger partial charge >= 0.3 is 0 Å². The summed E-state index contributed by atoms with van der Waals surface area (Å²) >= 11 is 7.34. The van der Waals surface area contributed by atoms with Gasteiger partial charge < -0.3 is 4.74 Å². The number of benzene rings is 1. The summed E-state index contributed by atoms with van der Waals surface area (Å²) in [5.74, 6) is 0.680. The maximum atomic E-state index is 5.69. The molecule has 0 amide bonds. The van der Waals surface area contributed by atoms with Crippen LogP contribution >= 0.6 is 22.9 Å². The Balaban J connectivity index is 2.15. The molecule has 0 spiro atoms. The summed E-state index contributed by atoms with van der Waals surface area (Å²) in [6.45, 7) is 0. The van der Waals surface area contributed by atoms with E-state index >= 15 is 0 Å². The molecule has 96 valence electrons. The number of rotatable bonds is 6. The first-order chi connectivity index (χ1) is 8.85. The topological polar surface area (TPSA) is 22.1 Å². The quantitative estimate of drug-likeness (QED) is 0.745. The van der Waals surface area contributed by atoms with E-state index in [4.69, 9.17) is 16.3 Å². The summed E-state index contributed by atoms with van der Waals surface area (Å²) in [6.07, 6.45) is 1.83. The van der Waals surface area contributed by atoms with Crippen LogP contribution in [-0.4, -0.2) is 18.0 Å². The Bertz CT molecular complexity index is 472.